The minimum atomic E-state index is -0.808. The molecule has 3 rings (SSSR count). The fraction of sp³-hybridized carbons (Fsp3) is 0.500. The van der Waals surface area contributed by atoms with Gasteiger partial charge in [-0.15, -0.1) is 0 Å². The van der Waals surface area contributed by atoms with Gasteiger partial charge in [-0.2, -0.15) is 0 Å². The van der Waals surface area contributed by atoms with Gasteiger partial charge in [0.05, 0.1) is 18.8 Å². The molecule has 2 N–H and O–H groups in total. The fourth-order valence-corrected chi connectivity index (χ4v) is 4.67. The van der Waals surface area contributed by atoms with E-state index in [0.717, 1.165) is 47.5 Å². The van der Waals surface area contributed by atoms with E-state index in [-0.39, 0.29) is 19.1 Å². The number of halogens is 1. The first-order valence-electron chi connectivity index (χ1n) is 11.4. The molecule has 5 nitrogen and oxygen atoms in total. The number of rotatable bonds is 11. The SMILES string of the molecule is Cc1ccc(C[C@@H]2CCCN2C[C@@H](O)CO[C@H](C)c2ccccc2CCC(=O)O)cc1Cl. The largest absolute Gasteiger partial charge is 0.481 e. The van der Waals surface area contributed by atoms with Gasteiger partial charge in [-0.05, 0) is 74.4 Å². The number of hydrogen-bond acceptors (Lipinski definition) is 4. The summed E-state index contributed by atoms with van der Waals surface area (Å²) in [4.78, 5) is 13.3. The lowest BCUT2D eigenvalue weighted by Crippen LogP contribution is -2.39. The Morgan fingerprint density at radius 3 is 2.81 bits per heavy atom. The van der Waals surface area contributed by atoms with Crippen molar-refractivity contribution in [3.05, 3.63) is 69.7 Å². The molecule has 0 amide bonds. The summed E-state index contributed by atoms with van der Waals surface area (Å²) < 4.78 is 5.99. The smallest absolute Gasteiger partial charge is 0.303 e. The second kappa shape index (κ2) is 11.8. The predicted molar refractivity (Wildman–Crippen MR) is 127 cm³/mol. The predicted octanol–water partition coefficient (Wildman–Crippen LogP) is 4.81. The third kappa shape index (κ3) is 7.04. The molecule has 6 heteroatoms. The van der Waals surface area contributed by atoms with Crippen LogP contribution in [0.25, 0.3) is 0 Å². The van der Waals surface area contributed by atoms with E-state index in [0.29, 0.717) is 19.0 Å². The number of carboxylic acids is 1. The van der Waals surface area contributed by atoms with Gasteiger partial charge in [0, 0.05) is 24.0 Å². The van der Waals surface area contributed by atoms with Crippen LogP contribution >= 0.6 is 11.6 Å². The summed E-state index contributed by atoms with van der Waals surface area (Å²) in [5.74, 6) is -0.808. The maximum Gasteiger partial charge on any atom is 0.303 e. The number of aliphatic hydroxyl groups excluding tert-OH is 1. The quantitative estimate of drug-likeness (QED) is 0.504. The van der Waals surface area contributed by atoms with Gasteiger partial charge in [-0.25, -0.2) is 0 Å². The van der Waals surface area contributed by atoms with Crippen molar-refractivity contribution in [3.63, 3.8) is 0 Å². The van der Waals surface area contributed by atoms with Gasteiger partial charge in [-0.1, -0.05) is 48.0 Å². The van der Waals surface area contributed by atoms with E-state index in [1.54, 1.807) is 0 Å². The average molecular weight is 460 g/mol. The molecule has 0 aromatic heterocycles. The summed E-state index contributed by atoms with van der Waals surface area (Å²) in [5.41, 5.74) is 4.28. The molecule has 1 aliphatic rings. The van der Waals surface area contributed by atoms with Crippen molar-refractivity contribution < 1.29 is 19.7 Å². The molecule has 0 bridgehead atoms. The molecule has 1 aliphatic heterocycles. The number of carbonyl (C=O) groups is 1. The lowest BCUT2D eigenvalue weighted by atomic mass is 9.99. The molecule has 0 aliphatic carbocycles. The zero-order valence-electron chi connectivity index (χ0n) is 19.0. The molecule has 32 heavy (non-hydrogen) atoms. The van der Waals surface area contributed by atoms with Crippen molar-refractivity contribution >= 4 is 17.6 Å². The van der Waals surface area contributed by atoms with Gasteiger partial charge in [0.2, 0.25) is 0 Å². The third-order valence-corrected chi connectivity index (χ3v) is 6.70. The molecule has 1 saturated heterocycles. The Bertz CT molecular complexity index is 903. The molecule has 1 fully saturated rings. The highest BCUT2D eigenvalue weighted by Crippen LogP contribution is 2.25. The molecule has 0 spiro atoms. The van der Waals surface area contributed by atoms with Crippen molar-refractivity contribution in [1.29, 1.82) is 0 Å². The lowest BCUT2D eigenvalue weighted by molar-refractivity contribution is -0.136. The van der Waals surface area contributed by atoms with Gasteiger partial charge in [0.25, 0.3) is 0 Å². The van der Waals surface area contributed by atoms with Crippen molar-refractivity contribution in [3.8, 4) is 0 Å². The summed E-state index contributed by atoms with van der Waals surface area (Å²) in [5, 5.41) is 20.4. The Labute approximate surface area is 196 Å². The second-order valence-corrected chi connectivity index (χ2v) is 9.21. The van der Waals surface area contributed by atoms with Crippen LogP contribution in [0.4, 0.5) is 0 Å². The number of nitrogens with zero attached hydrogens (tertiary/aromatic N) is 1. The summed E-state index contributed by atoms with van der Waals surface area (Å²) in [6, 6.07) is 14.4. The number of β-amino-alcohol motifs (C(OH)–C–C–N with tert-alkyl or cyclic N) is 1. The van der Waals surface area contributed by atoms with Gasteiger partial charge < -0.3 is 14.9 Å². The third-order valence-electron chi connectivity index (χ3n) is 6.29. The minimum Gasteiger partial charge on any atom is -0.481 e. The normalized spacial score (nSPS) is 18.6. The first kappa shape index (κ1) is 24.7. The molecular weight excluding hydrogens is 426 g/mol. The first-order valence-corrected chi connectivity index (χ1v) is 11.8. The summed E-state index contributed by atoms with van der Waals surface area (Å²) >= 11 is 6.29. The summed E-state index contributed by atoms with van der Waals surface area (Å²) in [6.07, 6.45) is 2.96. The van der Waals surface area contributed by atoms with Gasteiger partial charge in [0.1, 0.15) is 0 Å². The van der Waals surface area contributed by atoms with Crippen LogP contribution in [0.3, 0.4) is 0 Å². The average Bonchev–Trinajstić information content (AvgIpc) is 3.19. The van der Waals surface area contributed by atoms with E-state index in [4.69, 9.17) is 21.4 Å². The molecule has 3 atom stereocenters. The summed E-state index contributed by atoms with van der Waals surface area (Å²) in [7, 11) is 0. The Kier molecular flexibility index (Phi) is 9.11. The number of ether oxygens (including phenoxy) is 1. The number of hydrogen-bond donors (Lipinski definition) is 2. The molecule has 0 unspecified atom stereocenters. The molecule has 2 aromatic carbocycles. The number of benzene rings is 2. The van der Waals surface area contributed by atoms with E-state index >= 15 is 0 Å². The van der Waals surface area contributed by atoms with Crippen LogP contribution in [-0.4, -0.2) is 52.9 Å². The van der Waals surface area contributed by atoms with E-state index in [2.05, 4.69) is 23.1 Å². The topological polar surface area (TPSA) is 70.0 Å². The number of aliphatic hydroxyl groups is 1. The standard InChI is InChI=1S/C26H34ClNO4/c1-18-9-10-20(15-25(18)27)14-22-7-5-13-28(22)16-23(29)17-32-19(2)24-8-4-3-6-21(24)11-12-26(30)31/h3-4,6,8-10,15,19,22-23,29H,5,7,11-14,16-17H2,1-2H3,(H,30,31)/t19-,22+,23-/m1/s1. The minimum absolute atomic E-state index is 0.0922. The maximum absolute atomic E-state index is 10.9. The van der Waals surface area contributed by atoms with Crippen LogP contribution in [0.5, 0.6) is 0 Å². The second-order valence-electron chi connectivity index (χ2n) is 8.80. The number of aliphatic carboxylic acids is 1. The van der Waals surface area contributed by atoms with E-state index in [9.17, 15) is 9.90 Å². The van der Waals surface area contributed by atoms with Crippen molar-refractivity contribution in [2.75, 3.05) is 19.7 Å². The number of aryl methyl sites for hydroxylation is 2. The zero-order chi connectivity index (χ0) is 23.1. The number of carboxylic acid groups (broad SMARTS) is 1. The molecule has 0 radical (unpaired) electrons. The van der Waals surface area contributed by atoms with Crippen molar-refractivity contribution in [2.24, 2.45) is 0 Å². The molecule has 1 heterocycles. The Morgan fingerprint density at radius 2 is 2.06 bits per heavy atom. The monoisotopic (exact) mass is 459 g/mol. The molecule has 174 valence electrons. The summed E-state index contributed by atoms with van der Waals surface area (Å²) in [6.45, 7) is 5.77. The number of likely N-dealkylation sites (tertiary alicyclic amines) is 1. The van der Waals surface area contributed by atoms with E-state index < -0.39 is 12.1 Å². The van der Waals surface area contributed by atoms with Gasteiger partial charge in [0.15, 0.2) is 0 Å². The molecular formula is C26H34ClNO4. The molecule has 0 saturated carbocycles. The fourth-order valence-electron chi connectivity index (χ4n) is 4.47. The first-order chi connectivity index (χ1) is 15.3. The highest BCUT2D eigenvalue weighted by molar-refractivity contribution is 6.31. The van der Waals surface area contributed by atoms with Gasteiger partial charge >= 0.3 is 5.97 Å². The van der Waals surface area contributed by atoms with Crippen LogP contribution in [0.15, 0.2) is 42.5 Å². The maximum atomic E-state index is 10.9. The van der Waals surface area contributed by atoms with Crippen LogP contribution in [0.2, 0.25) is 5.02 Å². The Hall–Kier alpha value is -1.92. The van der Waals surface area contributed by atoms with Crippen LogP contribution in [0.1, 0.15) is 54.5 Å². The Balaban J connectivity index is 1.51. The highest BCUT2D eigenvalue weighted by Gasteiger charge is 2.27. The van der Waals surface area contributed by atoms with E-state index in [1.807, 2.05) is 38.1 Å². The van der Waals surface area contributed by atoms with Crippen LogP contribution < -0.4 is 0 Å². The Morgan fingerprint density at radius 1 is 1.28 bits per heavy atom. The lowest BCUT2D eigenvalue weighted by Gasteiger charge is -2.28. The van der Waals surface area contributed by atoms with Crippen molar-refractivity contribution in [2.45, 2.75) is 64.2 Å². The van der Waals surface area contributed by atoms with Crippen LogP contribution in [-0.2, 0) is 22.4 Å². The molecule has 2 aromatic rings. The van der Waals surface area contributed by atoms with E-state index in [1.165, 1.54) is 5.56 Å². The highest BCUT2D eigenvalue weighted by atomic mass is 35.5. The van der Waals surface area contributed by atoms with Crippen LogP contribution in [0, 0.1) is 6.92 Å². The van der Waals surface area contributed by atoms with Crippen molar-refractivity contribution in [1.82, 2.24) is 4.90 Å². The van der Waals surface area contributed by atoms with Gasteiger partial charge in [-0.3, -0.25) is 9.69 Å². The zero-order valence-corrected chi connectivity index (χ0v) is 19.7.